The summed E-state index contributed by atoms with van der Waals surface area (Å²) < 4.78 is 13.1. The molecule has 0 heterocycles. The maximum atomic E-state index is 13.1. The third-order valence-corrected chi connectivity index (χ3v) is 2.41. The number of aryl methyl sites for hydroxylation is 2. The van der Waals surface area contributed by atoms with Gasteiger partial charge in [-0.05, 0) is 37.1 Å². The van der Waals surface area contributed by atoms with E-state index in [0.717, 1.165) is 4.90 Å². The Morgan fingerprint density at radius 1 is 1.33 bits per heavy atom. The molecule has 6 heteroatoms. The summed E-state index contributed by atoms with van der Waals surface area (Å²) in [5.41, 5.74) is 1.03. The van der Waals surface area contributed by atoms with Crippen molar-refractivity contribution in [1.82, 2.24) is 0 Å². The second-order valence-corrected chi connectivity index (χ2v) is 3.78. The van der Waals surface area contributed by atoms with Crippen LogP contribution in [0.3, 0.4) is 0 Å². The van der Waals surface area contributed by atoms with E-state index in [9.17, 15) is 18.8 Å². The Labute approximate surface area is 103 Å². The second kappa shape index (κ2) is 5.39. The molecule has 0 aliphatic rings. The smallest absolute Gasteiger partial charge is 0.394 e. The summed E-state index contributed by atoms with van der Waals surface area (Å²) in [6.07, 6.45) is 0.420. The fourth-order valence-corrected chi connectivity index (χ4v) is 1.79. The zero-order chi connectivity index (χ0) is 13.9. The van der Waals surface area contributed by atoms with Crippen LogP contribution in [0.15, 0.2) is 12.1 Å². The summed E-state index contributed by atoms with van der Waals surface area (Å²) in [4.78, 5) is 33.6. The molecule has 1 N–H and O–H groups in total. The summed E-state index contributed by atoms with van der Waals surface area (Å²) in [7, 11) is 0. The van der Waals surface area contributed by atoms with Crippen LogP contribution in [0, 0.1) is 19.7 Å². The minimum absolute atomic E-state index is 0.246. The molecule has 0 aliphatic heterocycles. The number of nitrogens with zero attached hydrogens (tertiary/aromatic N) is 1. The molecule has 0 spiro atoms. The molecular formula is C12H12FNO4. The molecule has 18 heavy (non-hydrogen) atoms. The van der Waals surface area contributed by atoms with Gasteiger partial charge >= 0.3 is 11.9 Å². The number of benzene rings is 1. The first-order valence-electron chi connectivity index (χ1n) is 5.13. The SMILES string of the molecule is Cc1cc(F)cc(C)c1N(CC=O)C(=O)C(=O)O. The number of carbonyl (C=O) groups is 3. The van der Waals surface area contributed by atoms with E-state index in [1.54, 1.807) is 13.8 Å². The third kappa shape index (κ3) is 2.71. The molecule has 1 aromatic rings. The maximum absolute atomic E-state index is 13.1. The number of carboxylic acids is 1. The number of halogens is 1. The van der Waals surface area contributed by atoms with Gasteiger partial charge in [0.15, 0.2) is 0 Å². The van der Waals surface area contributed by atoms with Gasteiger partial charge in [0.05, 0.1) is 12.2 Å². The van der Waals surface area contributed by atoms with Gasteiger partial charge in [0, 0.05) is 0 Å². The molecule has 0 atom stereocenters. The number of anilines is 1. The Hall–Kier alpha value is -2.24. The number of hydrogen-bond acceptors (Lipinski definition) is 3. The molecule has 96 valence electrons. The van der Waals surface area contributed by atoms with Crippen LogP contribution >= 0.6 is 0 Å². The lowest BCUT2D eigenvalue weighted by atomic mass is 10.1. The molecule has 0 aliphatic carbocycles. The molecule has 0 unspecified atom stereocenters. The van der Waals surface area contributed by atoms with Crippen molar-refractivity contribution in [3.8, 4) is 0 Å². The second-order valence-electron chi connectivity index (χ2n) is 3.78. The maximum Gasteiger partial charge on any atom is 0.394 e. The van der Waals surface area contributed by atoms with Crippen LogP contribution in [0.5, 0.6) is 0 Å². The van der Waals surface area contributed by atoms with E-state index in [4.69, 9.17) is 5.11 Å². The zero-order valence-electron chi connectivity index (χ0n) is 9.94. The fourth-order valence-electron chi connectivity index (χ4n) is 1.79. The van der Waals surface area contributed by atoms with Gasteiger partial charge in [-0.2, -0.15) is 0 Å². The minimum Gasteiger partial charge on any atom is -0.474 e. The standard InChI is InChI=1S/C12H12FNO4/c1-7-5-9(13)6-8(2)10(7)14(3-4-15)11(16)12(17)18/h4-6H,3H2,1-2H3,(H,17,18). The predicted octanol–water partition coefficient (Wildman–Crippen LogP) is 1.06. The van der Waals surface area contributed by atoms with Crippen LogP contribution < -0.4 is 4.90 Å². The average Bonchev–Trinajstić information content (AvgIpc) is 2.25. The van der Waals surface area contributed by atoms with E-state index in [0.29, 0.717) is 17.4 Å². The van der Waals surface area contributed by atoms with Crippen molar-refractivity contribution in [2.24, 2.45) is 0 Å². The average molecular weight is 253 g/mol. The molecule has 1 rings (SSSR count). The van der Waals surface area contributed by atoms with Crippen LogP contribution in [0.1, 0.15) is 11.1 Å². The quantitative estimate of drug-likeness (QED) is 0.645. The lowest BCUT2D eigenvalue weighted by Gasteiger charge is -2.22. The lowest BCUT2D eigenvalue weighted by Crippen LogP contribution is -2.38. The first kappa shape index (κ1) is 13.8. The van der Waals surface area contributed by atoms with Crippen LogP contribution in [0.2, 0.25) is 0 Å². The highest BCUT2D eigenvalue weighted by Crippen LogP contribution is 2.25. The Morgan fingerprint density at radius 2 is 1.83 bits per heavy atom. The van der Waals surface area contributed by atoms with E-state index in [1.807, 2.05) is 0 Å². The van der Waals surface area contributed by atoms with Gasteiger partial charge in [-0.1, -0.05) is 0 Å². The Kier molecular flexibility index (Phi) is 4.14. The number of rotatable bonds is 3. The summed E-state index contributed by atoms with van der Waals surface area (Å²) in [5, 5.41) is 8.70. The number of hydrogen-bond donors (Lipinski definition) is 1. The summed E-state index contributed by atoms with van der Waals surface area (Å²) >= 11 is 0. The highest BCUT2D eigenvalue weighted by atomic mass is 19.1. The van der Waals surface area contributed by atoms with Crippen LogP contribution in [0.4, 0.5) is 10.1 Å². The van der Waals surface area contributed by atoms with Crippen molar-refractivity contribution in [3.05, 3.63) is 29.1 Å². The molecular weight excluding hydrogens is 241 g/mol. The largest absolute Gasteiger partial charge is 0.474 e. The Balaban J connectivity index is 3.34. The highest BCUT2D eigenvalue weighted by Gasteiger charge is 2.25. The van der Waals surface area contributed by atoms with Crippen LogP contribution in [0.25, 0.3) is 0 Å². The predicted molar refractivity (Wildman–Crippen MR) is 61.9 cm³/mol. The van der Waals surface area contributed by atoms with E-state index in [1.165, 1.54) is 12.1 Å². The van der Waals surface area contributed by atoms with Crippen molar-refractivity contribution in [1.29, 1.82) is 0 Å². The van der Waals surface area contributed by atoms with E-state index in [-0.39, 0.29) is 5.69 Å². The fraction of sp³-hybridized carbons (Fsp3) is 0.250. The number of amides is 1. The minimum atomic E-state index is -1.67. The first-order chi connectivity index (χ1) is 8.38. The van der Waals surface area contributed by atoms with Gasteiger partial charge in [0.1, 0.15) is 12.1 Å². The number of aldehydes is 1. The molecule has 0 saturated heterocycles. The molecule has 1 aromatic carbocycles. The van der Waals surface area contributed by atoms with Gasteiger partial charge in [-0.25, -0.2) is 9.18 Å². The van der Waals surface area contributed by atoms with E-state index >= 15 is 0 Å². The van der Waals surface area contributed by atoms with Gasteiger partial charge in [-0.15, -0.1) is 0 Å². The molecule has 0 radical (unpaired) electrons. The number of aliphatic carboxylic acids is 1. The third-order valence-electron chi connectivity index (χ3n) is 2.41. The van der Waals surface area contributed by atoms with Gasteiger partial charge < -0.3 is 9.90 Å². The van der Waals surface area contributed by atoms with E-state index < -0.39 is 24.2 Å². The lowest BCUT2D eigenvalue weighted by molar-refractivity contribution is -0.148. The van der Waals surface area contributed by atoms with Gasteiger partial charge in [-0.3, -0.25) is 9.69 Å². The van der Waals surface area contributed by atoms with Crippen molar-refractivity contribution < 1.29 is 23.9 Å². The number of carbonyl (C=O) groups excluding carboxylic acids is 2. The molecule has 0 aromatic heterocycles. The zero-order valence-corrected chi connectivity index (χ0v) is 9.94. The molecule has 5 nitrogen and oxygen atoms in total. The monoisotopic (exact) mass is 253 g/mol. The summed E-state index contributed by atoms with van der Waals surface area (Å²) in [6, 6.07) is 2.35. The van der Waals surface area contributed by atoms with Crippen molar-refractivity contribution in [3.63, 3.8) is 0 Å². The highest BCUT2D eigenvalue weighted by molar-refractivity contribution is 6.37. The normalized spacial score (nSPS) is 9.94. The van der Waals surface area contributed by atoms with E-state index in [2.05, 4.69) is 0 Å². The van der Waals surface area contributed by atoms with Crippen molar-refractivity contribution in [2.45, 2.75) is 13.8 Å². The molecule has 0 fully saturated rings. The topological polar surface area (TPSA) is 74.7 Å². The molecule has 0 bridgehead atoms. The summed E-state index contributed by atoms with van der Waals surface area (Å²) in [5.74, 6) is -3.37. The summed E-state index contributed by atoms with van der Waals surface area (Å²) in [6.45, 7) is 2.69. The van der Waals surface area contributed by atoms with Crippen molar-refractivity contribution >= 4 is 23.9 Å². The first-order valence-corrected chi connectivity index (χ1v) is 5.13. The van der Waals surface area contributed by atoms with Crippen molar-refractivity contribution in [2.75, 3.05) is 11.4 Å². The van der Waals surface area contributed by atoms with Crippen LogP contribution in [-0.2, 0) is 14.4 Å². The van der Waals surface area contributed by atoms with Gasteiger partial charge in [0.2, 0.25) is 0 Å². The Morgan fingerprint density at radius 3 is 2.22 bits per heavy atom. The van der Waals surface area contributed by atoms with Crippen LogP contribution in [-0.4, -0.2) is 29.8 Å². The number of carboxylic acid groups (broad SMARTS) is 1. The Bertz CT molecular complexity index is 490. The molecule has 0 saturated carbocycles. The van der Waals surface area contributed by atoms with Gasteiger partial charge in [0.25, 0.3) is 0 Å². The molecule has 1 amide bonds.